The minimum atomic E-state index is -0.807. The van der Waals surface area contributed by atoms with Gasteiger partial charge in [-0.05, 0) is 18.1 Å². The maximum absolute atomic E-state index is 10.8. The Labute approximate surface area is 88.7 Å². The molecule has 1 N–H and O–H groups in total. The van der Waals surface area contributed by atoms with Crippen LogP contribution in [0.5, 0.6) is 0 Å². The fourth-order valence-electron chi connectivity index (χ4n) is 2.12. The average molecular weight is 206 g/mol. The van der Waals surface area contributed by atoms with Gasteiger partial charge in [0, 0.05) is 6.42 Å². The van der Waals surface area contributed by atoms with E-state index in [0.717, 1.165) is 17.5 Å². The van der Waals surface area contributed by atoms with E-state index in [9.17, 15) is 4.79 Å². The zero-order valence-electron chi connectivity index (χ0n) is 8.69. The van der Waals surface area contributed by atoms with Gasteiger partial charge in [0.05, 0.1) is 13.0 Å². The summed E-state index contributed by atoms with van der Waals surface area (Å²) in [5.41, 5.74) is 1.54. The summed E-state index contributed by atoms with van der Waals surface area (Å²) in [5, 5.41) is 8.89. The van der Waals surface area contributed by atoms with E-state index in [-0.39, 0.29) is 6.42 Å². The lowest BCUT2D eigenvalue weighted by molar-refractivity contribution is -0.176. The number of ether oxygens (including phenoxy) is 1. The van der Waals surface area contributed by atoms with Gasteiger partial charge in [-0.3, -0.25) is 4.79 Å². The molecule has 1 aromatic rings. The van der Waals surface area contributed by atoms with Crippen LogP contribution in [0.15, 0.2) is 24.3 Å². The number of benzene rings is 1. The minimum absolute atomic E-state index is 0.0534. The summed E-state index contributed by atoms with van der Waals surface area (Å²) in [6.45, 7) is 2.64. The van der Waals surface area contributed by atoms with Crippen molar-refractivity contribution in [3.63, 3.8) is 0 Å². The SMILES string of the molecule is Cc1ccccc1C1(CC(=O)O)CCO1. The first-order chi connectivity index (χ1) is 7.14. The largest absolute Gasteiger partial charge is 0.481 e. The molecule has 2 rings (SSSR count). The molecule has 0 aromatic heterocycles. The Hall–Kier alpha value is -1.35. The Kier molecular flexibility index (Phi) is 2.49. The highest BCUT2D eigenvalue weighted by molar-refractivity contribution is 5.69. The molecule has 0 aliphatic carbocycles. The van der Waals surface area contributed by atoms with Crippen LogP contribution in [0, 0.1) is 6.92 Å². The maximum Gasteiger partial charge on any atom is 0.306 e. The van der Waals surface area contributed by atoms with Gasteiger partial charge in [0.2, 0.25) is 0 Å². The Morgan fingerprint density at radius 2 is 2.20 bits per heavy atom. The van der Waals surface area contributed by atoms with E-state index in [0.29, 0.717) is 6.61 Å². The van der Waals surface area contributed by atoms with Crippen molar-refractivity contribution in [2.24, 2.45) is 0 Å². The van der Waals surface area contributed by atoms with Gasteiger partial charge in [-0.1, -0.05) is 24.3 Å². The second kappa shape index (κ2) is 3.66. The maximum atomic E-state index is 10.8. The predicted octanol–water partition coefficient (Wildman–Crippen LogP) is 2.09. The van der Waals surface area contributed by atoms with Crippen LogP contribution >= 0.6 is 0 Å². The Balaban J connectivity index is 2.34. The minimum Gasteiger partial charge on any atom is -0.481 e. The van der Waals surface area contributed by atoms with E-state index >= 15 is 0 Å². The van der Waals surface area contributed by atoms with Crippen LogP contribution in [-0.4, -0.2) is 17.7 Å². The zero-order valence-corrected chi connectivity index (χ0v) is 8.69. The van der Waals surface area contributed by atoms with Gasteiger partial charge in [0.15, 0.2) is 0 Å². The molecule has 0 saturated carbocycles. The van der Waals surface area contributed by atoms with Crippen molar-refractivity contribution in [1.82, 2.24) is 0 Å². The molecule has 0 radical (unpaired) electrons. The van der Waals surface area contributed by atoms with Gasteiger partial charge < -0.3 is 9.84 Å². The highest BCUT2D eigenvalue weighted by atomic mass is 16.5. The first kappa shape index (κ1) is 10.2. The molecule has 3 nitrogen and oxygen atoms in total. The monoisotopic (exact) mass is 206 g/mol. The van der Waals surface area contributed by atoms with Crippen molar-refractivity contribution < 1.29 is 14.6 Å². The van der Waals surface area contributed by atoms with E-state index in [1.165, 1.54) is 0 Å². The molecular weight excluding hydrogens is 192 g/mol. The molecule has 3 heteroatoms. The number of hydrogen-bond donors (Lipinski definition) is 1. The molecular formula is C12H14O3. The fourth-order valence-corrected chi connectivity index (χ4v) is 2.12. The second-order valence-corrected chi connectivity index (χ2v) is 3.98. The predicted molar refractivity (Wildman–Crippen MR) is 55.7 cm³/mol. The molecule has 1 aliphatic rings. The Morgan fingerprint density at radius 1 is 1.53 bits per heavy atom. The topological polar surface area (TPSA) is 46.5 Å². The van der Waals surface area contributed by atoms with Crippen LogP contribution in [0.25, 0.3) is 0 Å². The lowest BCUT2D eigenvalue weighted by Gasteiger charge is -2.42. The van der Waals surface area contributed by atoms with Crippen LogP contribution in [0.2, 0.25) is 0 Å². The van der Waals surface area contributed by atoms with Gasteiger partial charge in [-0.2, -0.15) is 0 Å². The lowest BCUT2D eigenvalue weighted by atomic mass is 9.81. The molecule has 15 heavy (non-hydrogen) atoms. The summed E-state index contributed by atoms with van der Waals surface area (Å²) in [6, 6.07) is 7.82. The molecule has 0 amide bonds. The highest BCUT2D eigenvalue weighted by Gasteiger charge is 2.42. The van der Waals surface area contributed by atoms with Crippen molar-refractivity contribution in [1.29, 1.82) is 0 Å². The van der Waals surface area contributed by atoms with E-state index in [2.05, 4.69) is 0 Å². The number of rotatable bonds is 3. The number of carbonyl (C=O) groups is 1. The average Bonchev–Trinajstić information content (AvgIpc) is 2.12. The first-order valence-corrected chi connectivity index (χ1v) is 5.06. The van der Waals surface area contributed by atoms with Crippen molar-refractivity contribution in [3.8, 4) is 0 Å². The molecule has 1 aliphatic heterocycles. The molecule has 0 bridgehead atoms. The van der Waals surface area contributed by atoms with Crippen molar-refractivity contribution >= 4 is 5.97 Å². The standard InChI is InChI=1S/C12H14O3/c1-9-4-2-3-5-10(9)12(6-7-15-12)8-11(13)14/h2-5H,6-8H2,1H3,(H,13,14). The van der Waals surface area contributed by atoms with Crippen molar-refractivity contribution in [2.45, 2.75) is 25.4 Å². The summed E-state index contributed by atoms with van der Waals surface area (Å²) >= 11 is 0. The van der Waals surface area contributed by atoms with E-state index in [4.69, 9.17) is 9.84 Å². The van der Waals surface area contributed by atoms with Gasteiger partial charge in [0.25, 0.3) is 0 Å². The van der Waals surface area contributed by atoms with Crippen LogP contribution in [-0.2, 0) is 15.1 Å². The van der Waals surface area contributed by atoms with Gasteiger partial charge in [0.1, 0.15) is 5.60 Å². The van der Waals surface area contributed by atoms with E-state index in [1.54, 1.807) is 0 Å². The number of hydrogen-bond acceptors (Lipinski definition) is 2. The van der Waals surface area contributed by atoms with Crippen molar-refractivity contribution in [3.05, 3.63) is 35.4 Å². The number of carboxylic acid groups (broad SMARTS) is 1. The van der Waals surface area contributed by atoms with Crippen LogP contribution in [0.3, 0.4) is 0 Å². The Bertz CT molecular complexity index is 380. The number of aryl methyl sites for hydroxylation is 1. The summed E-state index contributed by atoms with van der Waals surface area (Å²) in [4.78, 5) is 10.8. The lowest BCUT2D eigenvalue weighted by Crippen LogP contribution is -2.43. The van der Waals surface area contributed by atoms with Gasteiger partial charge in [-0.25, -0.2) is 0 Å². The molecule has 1 aromatic carbocycles. The summed E-state index contributed by atoms with van der Waals surface area (Å²) in [7, 11) is 0. The fraction of sp³-hybridized carbons (Fsp3) is 0.417. The number of carboxylic acids is 1. The summed E-state index contributed by atoms with van der Waals surface area (Å²) in [5.74, 6) is -0.807. The highest BCUT2D eigenvalue weighted by Crippen LogP contribution is 2.41. The van der Waals surface area contributed by atoms with E-state index < -0.39 is 11.6 Å². The quantitative estimate of drug-likeness (QED) is 0.823. The zero-order chi connectivity index (χ0) is 10.9. The van der Waals surface area contributed by atoms with Crippen LogP contribution in [0.1, 0.15) is 24.0 Å². The molecule has 0 spiro atoms. The molecule has 1 fully saturated rings. The first-order valence-electron chi connectivity index (χ1n) is 5.06. The number of aliphatic carboxylic acids is 1. The Morgan fingerprint density at radius 3 is 2.67 bits per heavy atom. The smallest absolute Gasteiger partial charge is 0.306 e. The summed E-state index contributed by atoms with van der Waals surface area (Å²) < 4.78 is 5.52. The van der Waals surface area contributed by atoms with Gasteiger partial charge >= 0.3 is 5.97 Å². The molecule has 1 unspecified atom stereocenters. The normalized spacial score (nSPS) is 24.6. The summed E-state index contributed by atoms with van der Waals surface area (Å²) in [6.07, 6.45) is 0.849. The molecule has 80 valence electrons. The molecule has 1 atom stereocenters. The van der Waals surface area contributed by atoms with E-state index in [1.807, 2.05) is 31.2 Å². The third kappa shape index (κ3) is 1.75. The van der Waals surface area contributed by atoms with Crippen LogP contribution < -0.4 is 0 Å². The molecule has 1 saturated heterocycles. The third-order valence-corrected chi connectivity index (χ3v) is 2.96. The van der Waals surface area contributed by atoms with Crippen LogP contribution in [0.4, 0.5) is 0 Å². The molecule has 1 heterocycles. The second-order valence-electron chi connectivity index (χ2n) is 3.98. The van der Waals surface area contributed by atoms with Gasteiger partial charge in [-0.15, -0.1) is 0 Å². The third-order valence-electron chi connectivity index (χ3n) is 2.96. The van der Waals surface area contributed by atoms with Crippen molar-refractivity contribution in [2.75, 3.05) is 6.61 Å².